The van der Waals surface area contributed by atoms with Gasteiger partial charge in [-0.25, -0.2) is 4.79 Å². The van der Waals surface area contributed by atoms with Crippen LogP contribution in [-0.2, 0) is 24.4 Å². The molecule has 2 aromatic rings. The van der Waals surface area contributed by atoms with Gasteiger partial charge in [0, 0.05) is 30.9 Å². The van der Waals surface area contributed by atoms with Gasteiger partial charge in [-0.1, -0.05) is 0 Å². The second-order valence-electron chi connectivity index (χ2n) is 5.98. The Balaban J connectivity index is 0.000000412. The molecule has 0 radical (unpaired) electrons. The van der Waals surface area contributed by atoms with E-state index in [1.807, 2.05) is 13.8 Å². The van der Waals surface area contributed by atoms with E-state index in [-0.39, 0.29) is 0 Å². The summed E-state index contributed by atoms with van der Waals surface area (Å²) in [6.07, 6.45) is -5.08. The summed E-state index contributed by atoms with van der Waals surface area (Å²) in [4.78, 5) is 11.2. The number of aliphatic carboxylic acids is 1. The number of hydrogen-bond acceptors (Lipinski definition) is 4. The summed E-state index contributed by atoms with van der Waals surface area (Å²) in [6, 6.07) is 2.16. The molecule has 10 heteroatoms. The first kappa shape index (κ1) is 21.7. The van der Waals surface area contributed by atoms with Crippen molar-refractivity contribution in [3.63, 3.8) is 0 Å². The summed E-state index contributed by atoms with van der Waals surface area (Å²) >= 11 is 0. The predicted molar refractivity (Wildman–Crippen MR) is 89.6 cm³/mol. The number of hydrogen-bond donors (Lipinski definition) is 2. The summed E-state index contributed by atoms with van der Waals surface area (Å²) in [6.45, 7) is 11.0. The Morgan fingerprint density at radius 3 is 2.31 bits per heavy atom. The largest absolute Gasteiger partial charge is 0.490 e. The first-order valence-corrected chi connectivity index (χ1v) is 7.98. The Labute approximate surface area is 149 Å². The standard InChI is InChI=1S/C14H23N5.C2HF3O2/c1-6-19-13(7-10(2)17-19)8-18(5)9-14-11(3)15-16-12(14)4;3-2(4,5)1(6)7/h7H,6,8-9H2,1-5H3,(H,15,16);(H,6,7). The van der Waals surface area contributed by atoms with Gasteiger partial charge in [-0.3, -0.25) is 14.7 Å². The van der Waals surface area contributed by atoms with E-state index in [0.29, 0.717) is 0 Å². The highest BCUT2D eigenvalue weighted by molar-refractivity contribution is 5.73. The van der Waals surface area contributed by atoms with Gasteiger partial charge in [0.15, 0.2) is 0 Å². The highest BCUT2D eigenvalue weighted by Gasteiger charge is 2.38. The van der Waals surface area contributed by atoms with Crippen molar-refractivity contribution in [2.24, 2.45) is 0 Å². The fraction of sp³-hybridized carbons (Fsp3) is 0.562. The Morgan fingerprint density at radius 1 is 1.31 bits per heavy atom. The fourth-order valence-corrected chi connectivity index (χ4v) is 2.41. The number of nitrogens with zero attached hydrogens (tertiary/aromatic N) is 4. The molecule has 146 valence electrons. The van der Waals surface area contributed by atoms with Gasteiger partial charge in [-0.2, -0.15) is 23.4 Å². The number of nitrogens with one attached hydrogen (secondary N) is 1. The molecule has 0 saturated heterocycles. The van der Waals surface area contributed by atoms with Crippen molar-refractivity contribution in [2.75, 3.05) is 7.05 Å². The summed E-state index contributed by atoms with van der Waals surface area (Å²) < 4.78 is 33.8. The van der Waals surface area contributed by atoms with Gasteiger partial charge in [0.2, 0.25) is 0 Å². The van der Waals surface area contributed by atoms with Crippen LogP contribution in [0.5, 0.6) is 0 Å². The number of carbonyl (C=O) groups is 1. The number of rotatable bonds is 5. The number of H-pyrrole nitrogens is 1. The first-order valence-electron chi connectivity index (χ1n) is 7.98. The maximum absolute atomic E-state index is 10.6. The number of halogens is 3. The molecule has 26 heavy (non-hydrogen) atoms. The van der Waals surface area contributed by atoms with Crippen molar-refractivity contribution in [3.05, 3.63) is 34.4 Å². The molecule has 2 N–H and O–H groups in total. The average molecular weight is 375 g/mol. The topological polar surface area (TPSA) is 87.0 Å². The molecule has 2 rings (SSSR count). The van der Waals surface area contributed by atoms with Crippen LogP contribution in [0, 0.1) is 20.8 Å². The van der Waals surface area contributed by atoms with Crippen molar-refractivity contribution >= 4 is 5.97 Å². The molecule has 7 nitrogen and oxygen atoms in total. The number of carboxylic acid groups (broad SMARTS) is 1. The molecule has 0 unspecified atom stereocenters. The second kappa shape index (κ2) is 8.84. The van der Waals surface area contributed by atoms with E-state index in [2.05, 4.69) is 51.8 Å². The summed E-state index contributed by atoms with van der Waals surface area (Å²) in [7, 11) is 2.13. The first-order chi connectivity index (χ1) is 12.0. The van der Waals surface area contributed by atoms with Gasteiger partial charge in [0.25, 0.3) is 0 Å². The Bertz CT molecular complexity index is 717. The number of aromatic nitrogens is 4. The van der Waals surface area contributed by atoms with E-state index in [9.17, 15) is 13.2 Å². The maximum Gasteiger partial charge on any atom is 0.490 e. The van der Waals surface area contributed by atoms with Crippen molar-refractivity contribution < 1.29 is 23.1 Å². The molecule has 0 amide bonds. The maximum atomic E-state index is 10.6. The molecule has 0 aromatic carbocycles. The van der Waals surface area contributed by atoms with E-state index < -0.39 is 12.1 Å². The van der Waals surface area contributed by atoms with E-state index in [1.54, 1.807) is 0 Å². The van der Waals surface area contributed by atoms with Crippen molar-refractivity contribution in [1.82, 2.24) is 24.9 Å². The minimum absolute atomic E-state index is 0.902. The van der Waals surface area contributed by atoms with Gasteiger partial charge in [0.1, 0.15) is 0 Å². The lowest BCUT2D eigenvalue weighted by molar-refractivity contribution is -0.192. The zero-order valence-corrected chi connectivity index (χ0v) is 15.5. The molecule has 0 bridgehead atoms. The van der Waals surface area contributed by atoms with E-state index in [1.165, 1.54) is 11.3 Å². The fourth-order valence-electron chi connectivity index (χ4n) is 2.41. The number of alkyl halides is 3. The molecule has 2 heterocycles. The summed E-state index contributed by atoms with van der Waals surface area (Å²) in [5.74, 6) is -2.76. The highest BCUT2D eigenvalue weighted by Crippen LogP contribution is 2.14. The van der Waals surface area contributed by atoms with Crippen LogP contribution >= 0.6 is 0 Å². The second-order valence-corrected chi connectivity index (χ2v) is 5.98. The molecule has 0 aliphatic carbocycles. The molecule has 0 atom stereocenters. The van der Waals surface area contributed by atoms with Crippen LogP contribution in [0.1, 0.15) is 35.3 Å². The van der Waals surface area contributed by atoms with Crippen molar-refractivity contribution in [2.45, 2.75) is 53.5 Å². The highest BCUT2D eigenvalue weighted by atomic mass is 19.4. The summed E-state index contributed by atoms with van der Waals surface area (Å²) in [5.41, 5.74) is 5.89. The van der Waals surface area contributed by atoms with Crippen LogP contribution in [0.3, 0.4) is 0 Å². The van der Waals surface area contributed by atoms with E-state index in [0.717, 1.165) is 36.7 Å². The monoisotopic (exact) mass is 375 g/mol. The Kier molecular flexibility index (Phi) is 7.37. The lowest BCUT2D eigenvalue weighted by Gasteiger charge is -2.17. The quantitative estimate of drug-likeness (QED) is 0.839. The third-order valence-corrected chi connectivity index (χ3v) is 3.67. The van der Waals surface area contributed by atoms with Crippen molar-refractivity contribution in [3.8, 4) is 0 Å². The number of aryl methyl sites for hydroxylation is 4. The molecular weight excluding hydrogens is 351 g/mol. The van der Waals surface area contributed by atoms with E-state index in [4.69, 9.17) is 9.90 Å². The molecule has 0 fully saturated rings. The number of carboxylic acids is 1. The summed E-state index contributed by atoms with van der Waals surface area (Å²) in [5, 5.41) is 18.9. The molecule has 0 spiro atoms. The Morgan fingerprint density at radius 2 is 1.88 bits per heavy atom. The lowest BCUT2D eigenvalue weighted by Crippen LogP contribution is -2.21. The van der Waals surface area contributed by atoms with Gasteiger partial charge < -0.3 is 5.11 Å². The molecule has 0 aliphatic heterocycles. The van der Waals surface area contributed by atoms with Crippen LogP contribution in [0.15, 0.2) is 6.07 Å². The van der Waals surface area contributed by atoms with Gasteiger partial charge in [-0.15, -0.1) is 0 Å². The SMILES string of the molecule is CCn1nc(C)cc1CN(C)Cc1c(C)n[nH]c1C.O=C(O)C(F)(F)F. The van der Waals surface area contributed by atoms with Gasteiger partial charge >= 0.3 is 12.1 Å². The normalized spacial score (nSPS) is 11.4. The minimum atomic E-state index is -5.08. The van der Waals surface area contributed by atoms with Crippen LogP contribution in [0.4, 0.5) is 13.2 Å². The van der Waals surface area contributed by atoms with Gasteiger partial charge in [0.05, 0.1) is 17.1 Å². The molecule has 0 saturated carbocycles. The van der Waals surface area contributed by atoms with Crippen LogP contribution in [-0.4, -0.2) is 49.2 Å². The minimum Gasteiger partial charge on any atom is -0.475 e. The Hall–Kier alpha value is -2.36. The third kappa shape index (κ3) is 6.17. The molecule has 0 aliphatic rings. The van der Waals surface area contributed by atoms with Crippen LogP contribution in [0.2, 0.25) is 0 Å². The van der Waals surface area contributed by atoms with E-state index >= 15 is 0 Å². The third-order valence-electron chi connectivity index (χ3n) is 3.67. The number of aromatic amines is 1. The van der Waals surface area contributed by atoms with Gasteiger partial charge in [-0.05, 0) is 40.8 Å². The zero-order valence-electron chi connectivity index (χ0n) is 15.5. The van der Waals surface area contributed by atoms with Crippen LogP contribution in [0.25, 0.3) is 0 Å². The smallest absolute Gasteiger partial charge is 0.475 e. The lowest BCUT2D eigenvalue weighted by atomic mass is 10.2. The predicted octanol–water partition coefficient (Wildman–Crippen LogP) is 2.82. The average Bonchev–Trinajstić information content (AvgIpc) is 3.03. The molecular formula is C16H24F3N5O2. The molecule has 2 aromatic heterocycles. The van der Waals surface area contributed by atoms with Crippen molar-refractivity contribution in [1.29, 1.82) is 0 Å². The zero-order chi connectivity index (χ0) is 20.1. The van der Waals surface area contributed by atoms with Crippen LogP contribution < -0.4 is 0 Å².